The number of rotatable bonds is 5. The molecule has 2 aliphatic heterocycles. The standard InChI is InChI=1S/C20H26ClN3O3S3/c1-15-4-7-19(28-15)30(26,27)24-8-2-3-16(13-24)20(25)23-11-9-22(10-12-23)14-17-5-6-18(21)29-17/h4-7,16H,2-3,8-14H2,1H3. The molecule has 2 aliphatic rings. The van der Waals surface area contributed by atoms with Gasteiger partial charge in [-0.05, 0) is 44.0 Å². The molecule has 4 rings (SSSR count). The fourth-order valence-electron chi connectivity index (χ4n) is 4.08. The van der Waals surface area contributed by atoms with Gasteiger partial charge in [0.25, 0.3) is 10.0 Å². The molecule has 0 spiro atoms. The van der Waals surface area contributed by atoms with Gasteiger partial charge in [-0.2, -0.15) is 4.31 Å². The number of nitrogens with zero attached hydrogens (tertiary/aromatic N) is 3. The van der Waals surface area contributed by atoms with Crippen molar-refractivity contribution in [1.29, 1.82) is 0 Å². The number of piperazine rings is 1. The van der Waals surface area contributed by atoms with Crippen LogP contribution in [-0.4, -0.2) is 67.7 Å². The van der Waals surface area contributed by atoms with Crippen molar-refractivity contribution in [2.75, 3.05) is 39.3 Å². The van der Waals surface area contributed by atoms with E-state index in [-0.39, 0.29) is 18.4 Å². The van der Waals surface area contributed by atoms with Gasteiger partial charge in [0.1, 0.15) is 4.21 Å². The van der Waals surface area contributed by atoms with Crippen LogP contribution in [0.1, 0.15) is 22.6 Å². The van der Waals surface area contributed by atoms with Crippen LogP contribution < -0.4 is 0 Å². The monoisotopic (exact) mass is 487 g/mol. The van der Waals surface area contributed by atoms with Gasteiger partial charge in [0.05, 0.1) is 10.3 Å². The first-order valence-corrected chi connectivity index (χ1v) is 13.6. The SMILES string of the molecule is Cc1ccc(S(=O)(=O)N2CCCC(C(=O)N3CCN(Cc4ccc(Cl)s4)CC3)C2)s1. The average molecular weight is 488 g/mol. The normalized spacial score (nSPS) is 21.8. The molecule has 0 radical (unpaired) electrons. The second-order valence-electron chi connectivity index (χ2n) is 7.87. The molecule has 0 aromatic carbocycles. The summed E-state index contributed by atoms with van der Waals surface area (Å²) in [6.07, 6.45) is 1.47. The second-order valence-corrected chi connectivity index (χ2v) is 13.1. The third-order valence-electron chi connectivity index (χ3n) is 5.74. The van der Waals surface area contributed by atoms with Crippen molar-refractivity contribution in [1.82, 2.24) is 14.1 Å². The van der Waals surface area contributed by atoms with E-state index in [0.29, 0.717) is 23.8 Å². The van der Waals surface area contributed by atoms with E-state index in [0.717, 1.165) is 41.7 Å². The van der Waals surface area contributed by atoms with E-state index in [1.807, 2.05) is 24.0 Å². The van der Waals surface area contributed by atoms with Crippen molar-refractivity contribution in [3.8, 4) is 0 Å². The molecular weight excluding hydrogens is 462 g/mol. The molecule has 6 nitrogen and oxygen atoms in total. The molecule has 2 fully saturated rings. The Balaban J connectivity index is 1.33. The molecule has 4 heterocycles. The first-order chi connectivity index (χ1) is 14.3. The zero-order valence-corrected chi connectivity index (χ0v) is 20.1. The molecule has 0 N–H and O–H groups in total. The lowest BCUT2D eigenvalue weighted by atomic mass is 9.98. The summed E-state index contributed by atoms with van der Waals surface area (Å²) in [5.74, 6) is -0.159. The van der Waals surface area contributed by atoms with E-state index in [1.165, 1.54) is 20.5 Å². The Morgan fingerprint density at radius 2 is 1.87 bits per heavy atom. The van der Waals surface area contributed by atoms with Gasteiger partial charge in [0.2, 0.25) is 5.91 Å². The van der Waals surface area contributed by atoms with Crippen LogP contribution in [0.3, 0.4) is 0 Å². The van der Waals surface area contributed by atoms with Crippen molar-refractivity contribution < 1.29 is 13.2 Å². The number of aryl methyl sites for hydroxylation is 1. The molecule has 1 atom stereocenters. The van der Waals surface area contributed by atoms with Crippen LogP contribution in [0.25, 0.3) is 0 Å². The summed E-state index contributed by atoms with van der Waals surface area (Å²) in [4.78, 5) is 19.6. The number of piperidine rings is 1. The van der Waals surface area contributed by atoms with Gasteiger partial charge < -0.3 is 4.90 Å². The maximum absolute atomic E-state index is 13.1. The molecule has 1 amide bonds. The Hall–Kier alpha value is -0.970. The Labute approximate surface area is 191 Å². The number of sulfonamides is 1. The Morgan fingerprint density at radius 1 is 1.10 bits per heavy atom. The number of halogens is 1. The molecule has 30 heavy (non-hydrogen) atoms. The zero-order chi connectivity index (χ0) is 21.3. The second kappa shape index (κ2) is 9.26. The fourth-order valence-corrected chi connectivity index (χ4v) is 8.17. The zero-order valence-electron chi connectivity index (χ0n) is 16.9. The molecule has 0 aliphatic carbocycles. The van der Waals surface area contributed by atoms with Crippen LogP contribution in [0.2, 0.25) is 4.34 Å². The minimum atomic E-state index is -3.52. The van der Waals surface area contributed by atoms with Crippen LogP contribution in [0.15, 0.2) is 28.5 Å². The third-order valence-corrected chi connectivity index (χ3v) is 10.3. The topological polar surface area (TPSA) is 60.9 Å². The van der Waals surface area contributed by atoms with Crippen LogP contribution in [0.4, 0.5) is 0 Å². The van der Waals surface area contributed by atoms with Crippen molar-refractivity contribution in [2.45, 2.75) is 30.5 Å². The number of carbonyl (C=O) groups is 1. The van der Waals surface area contributed by atoms with E-state index in [1.54, 1.807) is 17.4 Å². The predicted molar refractivity (Wildman–Crippen MR) is 122 cm³/mol. The molecule has 1 unspecified atom stereocenters. The maximum atomic E-state index is 13.1. The van der Waals surface area contributed by atoms with E-state index >= 15 is 0 Å². The Morgan fingerprint density at radius 3 is 2.50 bits per heavy atom. The summed E-state index contributed by atoms with van der Waals surface area (Å²) in [7, 11) is -3.52. The van der Waals surface area contributed by atoms with Gasteiger partial charge in [-0.3, -0.25) is 9.69 Å². The van der Waals surface area contributed by atoms with Crippen LogP contribution >= 0.6 is 34.3 Å². The summed E-state index contributed by atoms with van der Waals surface area (Å²) < 4.78 is 28.6. The van der Waals surface area contributed by atoms with Crippen molar-refractivity contribution in [3.63, 3.8) is 0 Å². The summed E-state index contributed by atoms with van der Waals surface area (Å²) in [5.41, 5.74) is 0. The molecule has 2 aromatic heterocycles. The number of carbonyl (C=O) groups excluding carboxylic acids is 1. The highest BCUT2D eigenvalue weighted by Crippen LogP contribution is 2.29. The average Bonchev–Trinajstić information content (AvgIpc) is 3.36. The van der Waals surface area contributed by atoms with Crippen molar-refractivity contribution in [3.05, 3.63) is 38.4 Å². The smallest absolute Gasteiger partial charge is 0.252 e. The van der Waals surface area contributed by atoms with Crippen molar-refractivity contribution >= 4 is 50.2 Å². The van der Waals surface area contributed by atoms with Gasteiger partial charge in [0, 0.05) is 55.6 Å². The fraction of sp³-hybridized carbons (Fsp3) is 0.550. The molecule has 10 heteroatoms. The summed E-state index contributed by atoms with van der Waals surface area (Å²) in [5, 5.41) is 0. The maximum Gasteiger partial charge on any atom is 0.252 e. The van der Waals surface area contributed by atoms with E-state index in [9.17, 15) is 13.2 Å². The number of thiophene rings is 2. The molecule has 0 saturated carbocycles. The Kier molecular flexibility index (Phi) is 6.86. The highest BCUT2D eigenvalue weighted by molar-refractivity contribution is 7.91. The van der Waals surface area contributed by atoms with Crippen LogP contribution in [0, 0.1) is 12.8 Å². The summed E-state index contributed by atoms with van der Waals surface area (Å²) >= 11 is 8.90. The molecule has 0 bridgehead atoms. The molecule has 2 aromatic rings. The lowest BCUT2D eigenvalue weighted by Crippen LogP contribution is -2.52. The third kappa shape index (κ3) is 4.92. The van der Waals surface area contributed by atoms with E-state index in [2.05, 4.69) is 11.0 Å². The highest BCUT2D eigenvalue weighted by Gasteiger charge is 2.36. The first kappa shape index (κ1) is 22.2. The van der Waals surface area contributed by atoms with Gasteiger partial charge in [-0.25, -0.2) is 8.42 Å². The number of amides is 1. The highest BCUT2D eigenvalue weighted by atomic mass is 35.5. The largest absolute Gasteiger partial charge is 0.340 e. The quantitative estimate of drug-likeness (QED) is 0.647. The van der Waals surface area contributed by atoms with Crippen LogP contribution in [0.5, 0.6) is 0 Å². The van der Waals surface area contributed by atoms with E-state index in [4.69, 9.17) is 11.6 Å². The molecule has 164 valence electrons. The van der Waals surface area contributed by atoms with Gasteiger partial charge in [-0.15, -0.1) is 22.7 Å². The molecule has 2 saturated heterocycles. The van der Waals surface area contributed by atoms with E-state index < -0.39 is 10.0 Å². The lowest BCUT2D eigenvalue weighted by Gasteiger charge is -2.38. The summed E-state index contributed by atoms with van der Waals surface area (Å²) in [6, 6.07) is 7.47. The minimum Gasteiger partial charge on any atom is -0.340 e. The number of hydrogen-bond donors (Lipinski definition) is 0. The lowest BCUT2D eigenvalue weighted by molar-refractivity contribution is -0.138. The minimum absolute atomic E-state index is 0.0936. The molecular formula is C20H26ClN3O3S3. The van der Waals surface area contributed by atoms with Gasteiger partial charge in [0.15, 0.2) is 0 Å². The Bertz CT molecular complexity index is 996. The summed E-state index contributed by atoms with van der Waals surface area (Å²) in [6.45, 7) is 6.55. The predicted octanol–water partition coefficient (Wildman–Crippen LogP) is 3.52. The number of hydrogen-bond acceptors (Lipinski definition) is 6. The van der Waals surface area contributed by atoms with Gasteiger partial charge in [-0.1, -0.05) is 11.6 Å². The van der Waals surface area contributed by atoms with Crippen molar-refractivity contribution in [2.24, 2.45) is 5.92 Å². The van der Waals surface area contributed by atoms with Crippen LogP contribution in [-0.2, 0) is 21.4 Å². The van der Waals surface area contributed by atoms with Gasteiger partial charge >= 0.3 is 0 Å². The first-order valence-electron chi connectivity index (χ1n) is 10.1.